The maximum Gasteiger partial charge on any atom is 0.410 e. The molecule has 0 aromatic carbocycles. The van der Waals surface area contributed by atoms with E-state index in [1.54, 1.807) is 0 Å². The van der Waals surface area contributed by atoms with Crippen LogP contribution in [0.15, 0.2) is 0 Å². The van der Waals surface area contributed by atoms with Crippen molar-refractivity contribution < 1.29 is 19.4 Å². The standard InChI is InChI=1S/C10H17NO4/c1-2-3-7-15-10(14)11-6-4-5-8(11)9(12)13/h8H,2-7H2,1H3,(H,12,13)/t8-/m0/s1. The zero-order valence-corrected chi connectivity index (χ0v) is 8.94. The first-order valence-electron chi connectivity index (χ1n) is 5.33. The van der Waals surface area contributed by atoms with Gasteiger partial charge in [0.2, 0.25) is 0 Å². The summed E-state index contributed by atoms with van der Waals surface area (Å²) in [5, 5.41) is 8.85. The molecule has 1 fully saturated rings. The van der Waals surface area contributed by atoms with Gasteiger partial charge in [-0.05, 0) is 19.3 Å². The molecule has 1 rings (SSSR count). The molecule has 5 nitrogen and oxygen atoms in total. The first-order valence-corrected chi connectivity index (χ1v) is 5.33. The lowest BCUT2D eigenvalue weighted by Crippen LogP contribution is -2.40. The van der Waals surface area contributed by atoms with Crippen molar-refractivity contribution >= 4 is 12.1 Å². The molecule has 1 aliphatic rings. The zero-order valence-electron chi connectivity index (χ0n) is 8.94. The number of likely N-dealkylation sites (tertiary alicyclic amines) is 1. The zero-order chi connectivity index (χ0) is 11.3. The number of carbonyl (C=O) groups is 2. The van der Waals surface area contributed by atoms with E-state index in [0.717, 1.165) is 19.3 Å². The Morgan fingerprint density at radius 2 is 2.27 bits per heavy atom. The Bertz CT molecular complexity index is 242. The Balaban J connectivity index is 2.40. The summed E-state index contributed by atoms with van der Waals surface area (Å²) >= 11 is 0. The minimum absolute atomic E-state index is 0.373. The van der Waals surface area contributed by atoms with Gasteiger partial charge in [-0.3, -0.25) is 4.90 Å². The molecular weight excluding hydrogens is 198 g/mol. The molecule has 0 aromatic heterocycles. The monoisotopic (exact) mass is 215 g/mol. The molecule has 0 aliphatic carbocycles. The highest BCUT2D eigenvalue weighted by Gasteiger charge is 2.34. The minimum atomic E-state index is -0.944. The lowest BCUT2D eigenvalue weighted by atomic mass is 10.2. The van der Waals surface area contributed by atoms with Crippen LogP contribution in [0.2, 0.25) is 0 Å². The maximum absolute atomic E-state index is 11.5. The fourth-order valence-corrected chi connectivity index (χ4v) is 1.63. The van der Waals surface area contributed by atoms with Crippen molar-refractivity contribution in [2.24, 2.45) is 0 Å². The number of amides is 1. The fourth-order valence-electron chi connectivity index (χ4n) is 1.63. The molecule has 1 atom stereocenters. The van der Waals surface area contributed by atoms with Gasteiger partial charge in [0.25, 0.3) is 0 Å². The Labute approximate surface area is 89.0 Å². The second-order valence-electron chi connectivity index (χ2n) is 3.66. The van der Waals surface area contributed by atoms with E-state index in [-0.39, 0.29) is 0 Å². The normalized spacial score (nSPS) is 20.3. The number of carboxylic acid groups (broad SMARTS) is 1. The summed E-state index contributed by atoms with van der Waals surface area (Å²) in [4.78, 5) is 23.6. The van der Waals surface area contributed by atoms with E-state index in [9.17, 15) is 9.59 Å². The number of unbranched alkanes of at least 4 members (excludes halogenated alkanes) is 1. The first kappa shape index (κ1) is 11.8. The Morgan fingerprint density at radius 3 is 2.87 bits per heavy atom. The molecule has 0 bridgehead atoms. The Hall–Kier alpha value is -1.26. The van der Waals surface area contributed by atoms with Crippen LogP contribution >= 0.6 is 0 Å². The number of aliphatic carboxylic acids is 1. The third kappa shape index (κ3) is 3.11. The van der Waals surface area contributed by atoms with Crippen LogP contribution in [-0.2, 0) is 9.53 Å². The molecule has 0 saturated carbocycles. The third-order valence-electron chi connectivity index (χ3n) is 2.50. The number of ether oxygens (including phenoxy) is 1. The SMILES string of the molecule is CCCCOC(=O)N1CCC[C@H]1C(=O)O. The average Bonchev–Trinajstić information content (AvgIpc) is 2.66. The predicted molar refractivity (Wildman–Crippen MR) is 53.6 cm³/mol. The van der Waals surface area contributed by atoms with Crippen molar-refractivity contribution in [1.29, 1.82) is 0 Å². The smallest absolute Gasteiger partial charge is 0.410 e. The number of rotatable bonds is 4. The van der Waals surface area contributed by atoms with Gasteiger partial charge in [-0.1, -0.05) is 13.3 Å². The number of hydrogen-bond acceptors (Lipinski definition) is 3. The van der Waals surface area contributed by atoms with Gasteiger partial charge in [0.05, 0.1) is 6.61 Å². The van der Waals surface area contributed by atoms with Gasteiger partial charge in [-0.25, -0.2) is 9.59 Å². The number of carboxylic acids is 1. The second kappa shape index (κ2) is 5.58. The van der Waals surface area contributed by atoms with E-state index in [0.29, 0.717) is 19.6 Å². The molecule has 1 amide bonds. The van der Waals surface area contributed by atoms with Crippen LogP contribution in [-0.4, -0.2) is 41.3 Å². The van der Waals surface area contributed by atoms with Crippen molar-refractivity contribution in [3.8, 4) is 0 Å². The molecule has 0 aromatic rings. The highest BCUT2D eigenvalue weighted by atomic mass is 16.6. The van der Waals surface area contributed by atoms with Crippen LogP contribution in [0.4, 0.5) is 4.79 Å². The van der Waals surface area contributed by atoms with Crippen molar-refractivity contribution in [3.05, 3.63) is 0 Å². The molecule has 15 heavy (non-hydrogen) atoms. The Kier molecular flexibility index (Phi) is 4.39. The van der Waals surface area contributed by atoms with Gasteiger partial charge in [-0.15, -0.1) is 0 Å². The van der Waals surface area contributed by atoms with Crippen molar-refractivity contribution in [3.63, 3.8) is 0 Å². The summed E-state index contributed by atoms with van der Waals surface area (Å²) in [5.41, 5.74) is 0. The van der Waals surface area contributed by atoms with Gasteiger partial charge >= 0.3 is 12.1 Å². The molecule has 1 saturated heterocycles. The largest absolute Gasteiger partial charge is 0.480 e. The molecule has 1 heterocycles. The van der Waals surface area contributed by atoms with E-state index < -0.39 is 18.1 Å². The highest BCUT2D eigenvalue weighted by Crippen LogP contribution is 2.18. The molecule has 0 unspecified atom stereocenters. The van der Waals surface area contributed by atoms with Crippen molar-refractivity contribution in [2.75, 3.05) is 13.2 Å². The average molecular weight is 215 g/mol. The third-order valence-corrected chi connectivity index (χ3v) is 2.50. The lowest BCUT2D eigenvalue weighted by Gasteiger charge is -2.20. The number of hydrogen-bond donors (Lipinski definition) is 1. The predicted octanol–water partition coefficient (Wildman–Crippen LogP) is 1.47. The highest BCUT2D eigenvalue weighted by molar-refractivity contribution is 5.80. The quantitative estimate of drug-likeness (QED) is 0.721. The lowest BCUT2D eigenvalue weighted by molar-refractivity contribution is -0.141. The van der Waals surface area contributed by atoms with Crippen molar-refractivity contribution in [2.45, 2.75) is 38.6 Å². The van der Waals surface area contributed by atoms with E-state index in [1.807, 2.05) is 6.92 Å². The van der Waals surface area contributed by atoms with Gasteiger partial charge in [-0.2, -0.15) is 0 Å². The molecule has 0 radical (unpaired) electrons. The van der Waals surface area contributed by atoms with E-state index >= 15 is 0 Å². The second-order valence-corrected chi connectivity index (χ2v) is 3.66. The van der Waals surface area contributed by atoms with Gasteiger partial charge in [0.15, 0.2) is 0 Å². The molecule has 86 valence electrons. The van der Waals surface area contributed by atoms with Crippen LogP contribution < -0.4 is 0 Å². The van der Waals surface area contributed by atoms with Crippen LogP contribution in [0.5, 0.6) is 0 Å². The van der Waals surface area contributed by atoms with E-state index in [1.165, 1.54) is 4.90 Å². The molecule has 0 spiro atoms. The van der Waals surface area contributed by atoms with Crippen LogP contribution in [0.3, 0.4) is 0 Å². The van der Waals surface area contributed by atoms with Gasteiger partial charge in [0.1, 0.15) is 6.04 Å². The molecule has 5 heteroatoms. The summed E-state index contributed by atoms with van der Waals surface area (Å²) in [6.45, 7) is 2.86. The minimum Gasteiger partial charge on any atom is -0.480 e. The summed E-state index contributed by atoms with van der Waals surface area (Å²) in [6, 6.07) is -0.695. The summed E-state index contributed by atoms with van der Waals surface area (Å²) in [5.74, 6) is -0.944. The number of carbonyl (C=O) groups excluding carboxylic acids is 1. The molecular formula is C10H17NO4. The number of nitrogens with zero attached hydrogens (tertiary/aromatic N) is 1. The van der Waals surface area contributed by atoms with Gasteiger partial charge in [0, 0.05) is 6.54 Å². The topological polar surface area (TPSA) is 66.8 Å². The molecule has 1 N–H and O–H groups in total. The fraction of sp³-hybridized carbons (Fsp3) is 0.800. The maximum atomic E-state index is 11.5. The summed E-state index contributed by atoms with van der Waals surface area (Å²) in [7, 11) is 0. The summed E-state index contributed by atoms with van der Waals surface area (Å²) in [6.07, 6.45) is 2.54. The molecule has 1 aliphatic heterocycles. The van der Waals surface area contributed by atoms with E-state index in [4.69, 9.17) is 9.84 Å². The Morgan fingerprint density at radius 1 is 1.53 bits per heavy atom. The van der Waals surface area contributed by atoms with Crippen LogP contribution in [0.25, 0.3) is 0 Å². The van der Waals surface area contributed by atoms with Crippen molar-refractivity contribution in [1.82, 2.24) is 4.90 Å². The van der Waals surface area contributed by atoms with Crippen LogP contribution in [0.1, 0.15) is 32.6 Å². The van der Waals surface area contributed by atoms with E-state index in [2.05, 4.69) is 0 Å². The van der Waals surface area contributed by atoms with Gasteiger partial charge < -0.3 is 9.84 Å². The summed E-state index contributed by atoms with van der Waals surface area (Å²) < 4.78 is 4.97. The first-order chi connectivity index (χ1) is 7.16. The van der Waals surface area contributed by atoms with Crippen LogP contribution in [0, 0.1) is 0 Å².